The van der Waals surface area contributed by atoms with Gasteiger partial charge in [0.1, 0.15) is 0 Å². The Labute approximate surface area is 114 Å². The highest BCUT2D eigenvalue weighted by Gasteiger charge is 2.09. The molecule has 1 fully saturated rings. The molecule has 0 unspecified atom stereocenters. The maximum Gasteiger partial charge on any atom is 0.319 e. The maximum absolute atomic E-state index is 11.7. The molecule has 5 heteroatoms. The number of hydrogen-bond donors (Lipinski definition) is 3. The van der Waals surface area contributed by atoms with Crippen LogP contribution in [0, 0.1) is 6.92 Å². The van der Waals surface area contributed by atoms with E-state index in [9.17, 15) is 4.79 Å². The Balaban J connectivity index is 1.67. The second kappa shape index (κ2) is 7.11. The van der Waals surface area contributed by atoms with Crippen LogP contribution in [0.1, 0.15) is 5.56 Å². The van der Waals surface area contributed by atoms with E-state index < -0.39 is 0 Å². The predicted molar refractivity (Wildman–Crippen MR) is 77.5 cm³/mol. The molecule has 19 heavy (non-hydrogen) atoms. The zero-order valence-electron chi connectivity index (χ0n) is 11.4. The van der Waals surface area contributed by atoms with Crippen molar-refractivity contribution in [2.45, 2.75) is 6.92 Å². The highest BCUT2D eigenvalue weighted by Crippen LogP contribution is 2.08. The summed E-state index contributed by atoms with van der Waals surface area (Å²) in [6.07, 6.45) is 0. The second-order valence-corrected chi connectivity index (χ2v) is 4.84. The van der Waals surface area contributed by atoms with Crippen molar-refractivity contribution in [1.82, 2.24) is 15.5 Å². The molecule has 1 aromatic rings. The first kappa shape index (κ1) is 13.8. The van der Waals surface area contributed by atoms with E-state index in [0.29, 0.717) is 6.54 Å². The number of rotatable bonds is 4. The fourth-order valence-electron chi connectivity index (χ4n) is 2.16. The van der Waals surface area contributed by atoms with Crippen LogP contribution in [0.5, 0.6) is 0 Å². The Morgan fingerprint density at radius 3 is 2.89 bits per heavy atom. The van der Waals surface area contributed by atoms with Crippen molar-refractivity contribution in [2.24, 2.45) is 0 Å². The smallest absolute Gasteiger partial charge is 0.319 e. The number of nitrogens with zero attached hydrogens (tertiary/aromatic N) is 1. The molecule has 1 saturated heterocycles. The largest absolute Gasteiger partial charge is 0.337 e. The van der Waals surface area contributed by atoms with Crippen LogP contribution in [0.4, 0.5) is 10.5 Å². The second-order valence-electron chi connectivity index (χ2n) is 4.84. The monoisotopic (exact) mass is 262 g/mol. The van der Waals surface area contributed by atoms with Crippen molar-refractivity contribution in [3.05, 3.63) is 29.8 Å². The summed E-state index contributed by atoms with van der Waals surface area (Å²) in [5.74, 6) is 0. The Bertz CT molecular complexity index is 416. The molecule has 104 valence electrons. The van der Waals surface area contributed by atoms with Gasteiger partial charge >= 0.3 is 6.03 Å². The highest BCUT2D eigenvalue weighted by molar-refractivity contribution is 5.89. The van der Waals surface area contributed by atoms with Crippen LogP contribution in [0.2, 0.25) is 0 Å². The van der Waals surface area contributed by atoms with Gasteiger partial charge in [-0.3, -0.25) is 4.90 Å². The summed E-state index contributed by atoms with van der Waals surface area (Å²) in [6.45, 7) is 7.78. The normalized spacial score (nSPS) is 16.1. The van der Waals surface area contributed by atoms with Gasteiger partial charge in [-0.1, -0.05) is 12.1 Å². The Morgan fingerprint density at radius 2 is 2.16 bits per heavy atom. The highest BCUT2D eigenvalue weighted by atomic mass is 16.2. The number of carbonyl (C=O) groups is 1. The summed E-state index contributed by atoms with van der Waals surface area (Å²) in [7, 11) is 0. The molecule has 1 aromatic carbocycles. The summed E-state index contributed by atoms with van der Waals surface area (Å²) >= 11 is 0. The molecular formula is C14H22N4O. The van der Waals surface area contributed by atoms with Gasteiger partial charge in [-0.15, -0.1) is 0 Å². The molecule has 2 rings (SSSR count). The number of carbonyl (C=O) groups excluding carboxylic acids is 1. The molecule has 3 N–H and O–H groups in total. The molecule has 0 saturated carbocycles. The van der Waals surface area contributed by atoms with E-state index in [1.54, 1.807) is 0 Å². The first-order valence-electron chi connectivity index (χ1n) is 6.78. The Kier molecular flexibility index (Phi) is 5.18. The van der Waals surface area contributed by atoms with Gasteiger partial charge in [0.25, 0.3) is 0 Å². The zero-order chi connectivity index (χ0) is 13.5. The lowest BCUT2D eigenvalue weighted by molar-refractivity contribution is 0.233. The fourth-order valence-corrected chi connectivity index (χ4v) is 2.16. The van der Waals surface area contributed by atoms with Crippen molar-refractivity contribution in [2.75, 3.05) is 44.6 Å². The average molecular weight is 262 g/mol. The minimum atomic E-state index is -0.138. The van der Waals surface area contributed by atoms with Crippen molar-refractivity contribution in [1.29, 1.82) is 0 Å². The lowest BCUT2D eigenvalue weighted by atomic mass is 10.2. The van der Waals surface area contributed by atoms with E-state index in [1.165, 1.54) is 0 Å². The van der Waals surface area contributed by atoms with Gasteiger partial charge < -0.3 is 16.0 Å². The topological polar surface area (TPSA) is 56.4 Å². The predicted octanol–water partition coefficient (Wildman–Crippen LogP) is 1.02. The van der Waals surface area contributed by atoms with E-state index in [2.05, 4.69) is 20.9 Å². The van der Waals surface area contributed by atoms with Gasteiger partial charge in [-0.25, -0.2) is 4.79 Å². The summed E-state index contributed by atoms with van der Waals surface area (Å²) in [5.41, 5.74) is 1.97. The molecule has 0 aromatic heterocycles. The minimum Gasteiger partial charge on any atom is -0.337 e. The molecule has 5 nitrogen and oxygen atoms in total. The van der Waals surface area contributed by atoms with Crippen LogP contribution in [-0.4, -0.2) is 50.2 Å². The molecule has 1 aliphatic rings. The van der Waals surface area contributed by atoms with Gasteiger partial charge in [0, 0.05) is 45.0 Å². The summed E-state index contributed by atoms with van der Waals surface area (Å²) in [5, 5.41) is 9.04. The van der Waals surface area contributed by atoms with Gasteiger partial charge in [-0.05, 0) is 24.6 Å². The lowest BCUT2D eigenvalue weighted by Gasteiger charge is -2.27. The molecule has 0 bridgehead atoms. The van der Waals surface area contributed by atoms with Gasteiger partial charge in [0.2, 0.25) is 0 Å². The van der Waals surface area contributed by atoms with Gasteiger partial charge in [-0.2, -0.15) is 0 Å². The third-order valence-corrected chi connectivity index (χ3v) is 3.20. The van der Waals surface area contributed by atoms with Crippen LogP contribution in [0.15, 0.2) is 24.3 Å². The zero-order valence-corrected chi connectivity index (χ0v) is 11.4. The molecule has 0 radical (unpaired) electrons. The van der Waals surface area contributed by atoms with Gasteiger partial charge in [0.05, 0.1) is 0 Å². The number of hydrogen-bond acceptors (Lipinski definition) is 3. The van der Waals surface area contributed by atoms with Crippen molar-refractivity contribution < 1.29 is 4.79 Å². The first-order valence-corrected chi connectivity index (χ1v) is 6.78. The molecule has 0 atom stereocenters. The van der Waals surface area contributed by atoms with Crippen LogP contribution < -0.4 is 16.0 Å². The van der Waals surface area contributed by atoms with E-state index in [-0.39, 0.29) is 6.03 Å². The fraction of sp³-hybridized carbons (Fsp3) is 0.500. The molecule has 1 aliphatic heterocycles. The first-order chi connectivity index (χ1) is 9.24. The number of piperazine rings is 1. The van der Waals surface area contributed by atoms with Crippen LogP contribution in [0.25, 0.3) is 0 Å². The summed E-state index contributed by atoms with van der Waals surface area (Å²) in [4.78, 5) is 14.1. The number of benzene rings is 1. The Morgan fingerprint density at radius 1 is 1.37 bits per heavy atom. The maximum atomic E-state index is 11.7. The minimum absolute atomic E-state index is 0.138. The van der Waals surface area contributed by atoms with Crippen LogP contribution in [0.3, 0.4) is 0 Å². The van der Waals surface area contributed by atoms with Crippen molar-refractivity contribution in [3.8, 4) is 0 Å². The van der Waals surface area contributed by atoms with E-state index in [4.69, 9.17) is 0 Å². The van der Waals surface area contributed by atoms with Crippen molar-refractivity contribution in [3.63, 3.8) is 0 Å². The quantitative estimate of drug-likeness (QED) is 0.759. The summed E-state index contributed by atoms with van der Waals surface area (Å²) < 4.78 is 0. The third-order valence-electron chi connectivity index (χ3n) is 3.20. The van der Waals surface area contributed by atoms with E-state index >= 15 is 0 Å². The standard InChI is InChI=1S/C14H22N4O/c1-12-3-2-4-13(11-12)17-14(19)16-7-10-18-8-5-15-6-9-18/h2-4,11,15H,5-10H2,1H3,(H2,16,17,19). The molecular weight excluding hydrogens is 240 g/mol. The van der Waals surface area contributed by atoms with Gasteiger partial charge in [0.15, 0.2) is 0 Å². The number of nitrogens with one attached hydrogen (secondary N) is 3. The number of amides is 2. The molecule has 0 spiro atoms. The lowest BCUT2D eigenvalue weighted by Crippen LogP contribution is -2.46. The molecule has 1 heterocycles. The number of urea groups is 1. The average Bonchev–Trinajstić information content (AvgIpc) is 2.40. The number of anilines is 1. The van der Waals surface area contributed by atoms with Crippen molar-refractivity contribution >= 4 is 11.7 Å². The molecule has 0 aliphatic carbocycles. The van der Waals surface area contributed by atoms with Crippen LogP contribution in [-0.2, 0) is 0 Å². The third kappa shape index (κ3) is 4.89. The van der Waals surface area contributed by atoms with E-state index in [1.807, 2.05) is 31.2 Å². The Hall–Kier alpha value is -1.59. The number of aryl methyl sites for hydroxylation is 1. The molecule has 2 amide bonds. The summed E-state index contributed by atoms with van der Waals surface area (Å²) in [6, 6.07) is 7.65. The van der Waals surface area contributed by atoms with E-state index in [0.717, 1.165) is 44.0 Å². The SMILES string of the molecule is Cc1cccc(NC(=O)NCCN2CCNCC2)c1. The van der Waals surface area contributed by atoms with Crippen LogP contribution >= 0.6 is 0 Å².